The van der Waals surface area contributed by atoms with Crippen molar-refractivity contribution in [2.24, 2.45) is 5.92 Å². The largest absolute Gasteiger partial charge is 0.356 e. The molecule has 0 unspecified atom stereocenters. The van der Waals surface area contributed by atoms with Gasteiger partial charge in [-0.25, -0.2) is 8.42 Å². The number of carbonyl (C=O) groups is 2. The van der Waals surface area contributed by atoms with Crippen LogP contribution in [0.25, 0.3) is 0 Å². The van der Waals surface area contributed by atoms with E-state index in [1.54, 1.807) is 24.3 Å². The van der Waals surface area contributed by atoms with Crippen molar-refractivity contribution in [3.05, 3.63) is 63.6 Å². The summed E-state index contributed by atoms with van der Waals surface area (Å²) in [6, 6.07) is 11.3. The maximum absolute atomic E-state index is 12.9. The topological polar surface area (TPSA) is 83.6 Å². The van der Waals surface area contributed by atoms with Crippen LogP contribution >= 0.6 is 23.2 Å². The summed E-state index contributed by atoms with van der Waals surface area (Å²) in [5.74, 6) is -0.510. The molecule has 2 aromatic carbocycles. The van der Waals surface area contributed by atoms with Gasteiger partial charge in [0.15, 0.2) is 5.78 Å². The van der Waals surface area contributed by atoms with Gasteiger partial charge in [0.05, 0.1) is 4.90 Å². The second-order valence-corrected chi connectivity index (χ2v) is 10.3. The van der Waals surface area contributed by atoms with Crippen LogP contribution in [0.4, 0.5) is 0 Å². The maximum Gasteiger partial charge on any atom is 0.243 e. The van der Waals surface area contributed by atoms with Crippen molar-refractivity contribution in [3.8, 4) is 0 Å². The molecule has 0 spiro atoms. The number of ketones is 1. The molecule has 31 heavy (non-hydrogen) atoms. The first kappa shape index (κ1) is 23.7. The summed E-state index contributed by atoms with van der Waals surface area (Å²) in [4.78, 5) is 24.2. The summed E-state index contributed by atoms with van der Waals surface area (Å²) in [6.07, 6.45) is 1.47. The standard InChI is InChI=1S/C22H24Cl2N2O4S/c1-15(27)18-3-2-4-20(13-18)31(29,30)26-11-8-17(9-12-26)22(28)25-10-7-16-5-6-19(23)14-21(16)24/h2-6,13-14,17H,7-12H2,1H3,(H,25,28). The monoisotopic (exact) mass is 482 g/mol. The summed E-state index contributed by atoms with van der Waals surface area (Å²) in [6.45, 7) is 2.36. The van der Waals surface area contributed by atoms with Gasteiger partial charge in [0.1, 0.15) is 0 Å². The smallest absolute Gasteiger partial charge is 0.243 e. The quantitative estimate of drug-likeness (QED) is 0.605. The molecule has 3 rings (SSSR count). The summed E-state index contributed by atoms with van der Waals surface area (Å²) in [5.41, 5.74) is 1.26. The Balaban J connectivity index is 1.53. The van der Waals surface area contributed by atoms with Crippen molar-refractivity contribution >= 4 is 44.9 Å². The highest BCUT2D eigenvalue weighted by molar-refractivity contribution is 7.89. The molecule has 0 radical (unpaired) electrons. The van der Waals surface area contributed by atoms with E-state index in [1.165, 1.54) is 23.4 Å². The molecule has 1 aliphatic heterocycles. The van der Waals surface area contributed by atoms with Crippen LogP contribution in [0, 0.1) is 5.92 Å². The first-order valence-electron chi connectivity index (χ1n) is 10.0. The lowest BCUT2D eigenvalue weighted by Gasteiger charge is -2.30. The zero-order valence-corrected chi connectivity index (χ0v) is 19.4. The fourth-order valence-electron chi connectivity index (χ4n) is 3.57. The lowest BCUT2D eigenvalue weighted by molar-refractivity contribution is -0.126. The number of amides is 1. The summed E-state index contributed by atoms with van der Waals surface area (Å²) in [7, 11) is -3.70. The second-order valence-electron chi connectivity index (χ2n) is 7.54. The first-order valence-corrected chi connectivity index (χ1v) is 12.2. The molecule has 0 bridgehead atoms. The molecule has 1 amide bonds. The molecule has 1 N–H and O–H groups in total. The Hall–Kier alpha value is -1.93. The zero-order valence-electron chi connectivity index (χ0n) is 17.1. The predicted molar refractivity (Wildman–Crippen MR) is 121 cm³/mol. The van der Waals surface area contributed by atoms with Crippen LogP contribution in [0.5, 0.6) is 0 Å². The Morgan fingerprint density at radius 2 is 1.81 bits per heavy atom. The van der Waals surface area contributed by atoms with Crippen LogP contribution in [0.2, 0.25) is 10.0 Å². The third kappa shape index (κ3) is 5.86. The molecule has 9 heteroatoms. The number of nitrogens with one attached hydrogen (secondary N) is 1. The number of sulfonamides is 1. The normalized spacial score (nSPS) is 15.6. The molecule has 1 heterocycles. The van der Waals surface area contributed by atoms with Gasteiger partial charge in [-0.1, -0.05) is 41.4 Å². The number of benzene rings is 2. The van der Waals surface area contributed by atoms with E-state index in [0.717, 1.165) is 5.56 Å². The van der Waals surface area contributed by atoms with Gasteiger partial charge in [0.2, 0.25) is 15.9 Å². The molecule has 0 saturated carbocycles. The number of halogens is 2. The van der Waals surface area contributed by atoms with Crippen molar-refractivity contribution in [2.45, 2.75) is 31.1 Å². The fourth-order valence-corrected chi connectivity index (χ4v) is 5.59. The maximum atomic E-state index is 12.9. The van der Waals surface area contributed by atoms with Gasteiger partial charge in [-0.3, -0.25) is 9.59 Å². The minimum absolute atomic E-state index is 0.0827. The Kier molecular flexibility index (Phi) is 7.75. The molecule has 1 saturated heterocycles. The number of carbonyl (C=O) groups excluding carboxylic acids is 2. The van der Waals surface area contributed by atoms with Gasteiger partial charge in [-0.2, -0.15) is 4.31 Å². The van der Waals surface area contributed by atoms with Crippen LogP contribution < -0.4 is 5.32 Å². The van der Waals surface area contributed by atoms with E-state index < -0.39 is 10.0 Å². The minimum Gasteiger partial charge on any atom is -0.356 e. The van der Waals surface area contributed by atoms with Crippen LogP contribution in [-0.4, -0.2) is 44.0 Å². The number of hydrogen-bond acceptors (Lipinski definition) is 4. The fraction of sp³-hybridized carbons (Fsp3) is 0.364. The number of piperidine rings is 1. The minimum atomic E-state index is -3.70. The van der Waals surface area contributed by atoms with Crippen molar-refractivity contribution in [1.82, 2.24) is 9.62 Å². The van der Waals surface area contributed by atoms with Gasteiger partial charge < -0.3 is 5.32 Å². The molecular weight excluding hydrogens is 459 g/mol. The second kappa shape index (κ2) is 10.1. The first-order chi connectivity index (χ1) is 14.7. The van der Waals surface area contributed by atoms with Gasteiger partial charge in [-0.15, -0.1) is 0 Å². The van der Waals surface area contributed by atoms with E-state index in [4.69, 9.17) is 23.2 Å². The average Bonchev–Trinajstić information content (AvgIpc) is 2.75. The van der Waals surface area contributed by atoms with E-state index in [0.29, 0.717) is 41.4 Å². The SMILES string of the molecule is CC(=O)c1cccc(S(=O)(=O)N2CCC(C(=O)NCCc3ccc(Cl)cc3Cl)CC2)c1. The van der Waals surface area contributed by atoms with E-state index in [-0.39, 0.29) is 35.6 Å². The molecule has 6 nitrogen and oxygen atoms in total. The van der Waals surface area contributed by atoms with Gasteiger partial charge in [0.25, 0.3) is 0 Å². The highest BCUT2D eigenvalue weighted by Crippen LogP contribution is 2.25. The van der Waals surface area contributed by atoms with Crippen LogP contribution in [0.3, 0.4) is 0 Å². The summed E-state index contributed by atoms with van der Waals surface area (Å²) >= 11 is 12.0. The average molecular weight is 483 g/mol. The Bertz CT molecular complexity index is 1080. The van der Waals surface area contributed by atoms with E-state index in [1.807, 2.05) is 6.07 Å². The third-order valence-corrected chi connectivity index (χ3v) is 7.89. The van der Waals surface area contributed by atoms with Crippen molar-refractivity contribution in [3.63, 3.8) is 0 Å². The number of nitrogens with zero attached hydrogens (tertiary/aromatic N) is 1. The van der Waals surface area contributed by atoms with Gasteiger partial charge in [-0.05, 0) is 56.0 Å². The Morgan fingerprint density at radius 3 is 2.45 bits per heavy atom. The van der Waals surface area contributed by atoms with E-state index >= 15 is 0 Å². The zero-order chi connectivity index (χ0) is 22.6. The summed E-state index contributed by atoms with van der Waals surface area (Å²) < 4.78 is 27.2. The predicted octanol–water partition coefficient (Wildman–Crippen LogP) is 3.96. The molecule has 2 aromatic rings. The summed E-state index contributed by atoms with van der Waals surface area (Å²) in [5, 5.41) is 4.04. The molecule has 0 aliphatic carbocycles. The van der Waals surface area contributed by atoms with Crippen molar-refractivity contribution < 1.29 is 18.0 Å². The molecule has 1 aliphatic rings. The highest BCUT2D eigenvalue weighted by atomic mass is 35.5. The van der Waals surface area contributed by atoms with E-state index in [2.05, 4.69) is 5.32 Å². The number of hydrogen-bond donors (Lipinski definition) is 1. The van der Waals surface area contributed by atoms with Crippen LogP contribution in [0.1, 0.15) is 35.7 Å². The molecular formula is C22H24Cl2N2O4S. The molecule has 1 fully saturated rings. The lowest BCUT2D eigenvalue weighted by Crippen LogP contribution is -2.43. The van der Waals surface area contributed by atoms with Gasteiger partial charge in [0, 0.05) is 41.2 Å². The molecule has 0 atom stereocenters. The number of rotatable bonds is 7. The van der Waals surface area contributed by atoms with E-state index in [9.17, 15) is 18.0 Å². The van der Waals surface area contributed by atoms with Crippen LogP contribution in [0.15, 0.2) is 47.4 Å². The van der Waals surface area contributed by atoms with Crippen molar-refractivity contribution in [1.29, 1.82) is 0 Å². The van der Waals surface area contributed by atoms with Crippen LogP contribution in [-0.2, 0) is 21.2 Å². The molecule has 166 valence electrons. The highest BCUT2D eigenvalue weighted by Gasteiger charge is 2.32. The third-order valence-electron chi connectivity index (χ3n) is 5.41. The Morgan fingerprint density at radius 1 is 1.10 bits per heavy atom. The Labute approximate surface area is 192 Å². The molecule has 0 aromatic heterocycles. The van der Waals surface area contributed by atoms with Crippen molar-refractivity contribution in [2.75, 3.05) is 19.6 Å². The van der Waals surface area contributed by atoms with Gasteiger partial charge >= 0.3 is 0 Å². The number of Topliss-reactive ketones (excluding diaryl/α,β-unsaturated/α-hetero) is 1. The lowest BCUT2D eigenvalue weighted by atomic mass is 9.97.